The third-order valence-electron chi connectivity index (χ3n) is 1.36. The summed E-state index contributed by atoms with van der Waals surface area (Å²) < 4.78 is 21.5. The van der Waals surface area contributed by atoms with E-state index in [-0.39, 0.29) is 18.3 Å². The second kappa shape index (κ2) is 5.99. The molecule has 0 aromatic carbocycles. The topological polar surface area (TPSA) is 40.2 Å². The van der Waals surface area contributed by atoms with Crippen molar-refractivity contribution >= 4 is 8.60 Å². The van der Waals surface area contributed by atoms with Crippen molar-refractivity contribution in [3.05, 3.63) is 0 Å². The van der Waals surface area contributed by atoms with Crippen LogP contribution < -0.4 is 0 Å². The van der Waals surface area contributed by atoms with Crippen LogP contribution in [0.2, 0.25) is 0 Å². The number of epoxide rings is 1. The van der Waals surface area contributed by atoms with Gasteiger partial charge in [0.15, 0.2) is 0 Å². The molecule has 0 aromatic rings. The molecule has 1 aliphatic rings. The van der Waals surface area contributed by atoms with E-state index < -0.39 is 8.60 Å². The van der Waals surface area contributed by atoms with Crippen molar-refractivity contribution in [3.63, 3.8) is 0 Å². The molecular weight excluding hydrogens is 203 g/mol. The molecule has 5 heteroatoms. The fraction of sp³-hybridized carbons (Fsp3) is 1.00. The van der Waals surface area contributed by atoms with E-state index in [0.29, 0.717) is 6.61 Å². The van der Waals surface area contributed by atoms with Crippen LogP contribution in [0, 0.1) is 0 Å². The molecule has 0 aromatic heterocycles. The monoisotopic (exact) mass is 222 g/mol. The minimum atomic E-state index is -1.21. The Balaban J connectivity index is 2.19. The molecule has 0 aliphatic carbocycles. The summed E-state index contributed by atoms with van der Waals surface area (Å²) in [6, 6.07) is 0. The first-order valence-electron chi connectivity index (χ1n) is 4.96. The average molecular weight is 222 g/mol. The molecule has 0 spiro atoms. The highest BCUT2D eigenvalue weighted by Gasteiger charge is 2.26. The zero-order chi connectivity index (χ0) is 10.6. The Morgan fingerprint density at radius 1 is 1.21 bits per heavy atom. The predicted octanol–water partition coefficient (Wildman–Crippen LogP) is 2.48. The van der Waals surface area contributed by atoms with Gasteiger partial charge in [-0.25, -0.2) is 0 Å². The Morgan fingerprint density at radius 2 is 1.71 bits per heavy atom. The van der Waals surface area contributed by atoms with Gasteiger partial charge in [-0.3, -0.25) is 0 Å². The first kappa shape index (κ1) is 12.3. The summed E-state index contributed by atoms with van der Waals surface area (Å²) in [5.41, 5.74) is 0. The van der Waals surface area contributed by atoms with Crippen molar-refractivity contribution < 1.29 is 18.3 Å². The van der Waals surface area contributed by atoms with Crippen LogP contribution in [0.4, 0.5) is 0 Å². The van der Waals surface area contributed by atoms with Gasteiger partial charge in [0.25, 0.3) is 0 Å². The maximum atomic E-state index is 5.50. The summed E-state index contributed by atoms with van der Waals surface area (Å²) in [6.45, 7) is 9.25. The van der Waals surface area contributed by atoms with Gasteiger partial charge in [-0.15, -0.1) is 0 Å². The lowest BCUT2D eigenvalue weighted by Crippen LogP contribution is -2.08. The van der Waals surface area contributed by atoms with E-state index in [9.17, 15) is 0 Å². The molecule has 1 atom stereocenters. The van der Waals surface area contributed by atoms with E-state index in [1.165, 1.54) is 0 Å². The molecule has 1 heterocycles. The second-order valence-electron chi connectivity index (χ2n) is 3.78. The zero-order valence-electron chi connectivity index (χ0n) is 9.23. The number of hydrogen-bond acceptors (Lipinski definition) is 4. The summed E-state index contributed by atoms with van der Waals surface area (Å²) in [6.07, 6.45) is 0.506. The molecule has 1 unspecified atom stereocenters. The Morgan fingerprint density at radius 3 is 2.07 bits per heavy atom. The zero-order valence-corrected chi connectivity index (χ0v) is 10.1. The van der Waals surface area contributed by atoms with Crippen LogP contribution in [0.25, 0.3) is 0 Å². The minimum Gasteiger partial charge on any atom is -0.371 e. The molecule has 4 nitrogen and oxygen atoms in total. The highest BCUT2D eigenvalue weighted by molar-refractivity contribution is 7.41. The fourth-order valence-electron chi connectivity index (χ4n) is 0.738. The predicted molar refractivity (Wildman–Crippen MR) is 55.1 cm³/mol. The van der Waals surface area contributed by atoms with Gasteiger partial charge in [-0.2, -0.15) is 0 Å². The molecule has 84 valence electrons. The molecule has 1 rings (SSSR count). The SMILES string of the molecule is CC(C)OP(OCC1CO1)OC(C)C. The van der Waals surface area contributed by atoms with Gasteiger partial charge < -0.3 is 18.3 Å². The summed E-state index contributed by atoms with van der Waals surface area (Å²) in [4.78, 5) is 0. The highest BCUT2D eigenvalue weighted by Crippen LogP contribution is 2.42. The lowest BCUT2D eigenvalue weighted by molar-refractivity contribution is 0.107. The minimum absolute atomic E-state index is 0.125. The third-order valence-corrected chi connectivity index (χ3v) is 2.91. The molecule has 0 radical (unpaired) electrons. The summed E-state index contributed by atoms with van der Waals surface area (Å²) in [7, 11) is -1.21. The van der Waals surface area contributed by atoms with Crippen molar-refractivity contribution in [1.82, 2.24) is 0 Å². The van der Waals surface area contributed by atoms with Crippen molar-refractivity contribution in [2.75, 3.05) is 13.2 Å². The number of hydrogen-bond donors (Lipinski definition) is 0. The van der Waals surface area contributed by atoms with Crippen LogP contribution in [0.3, 0.4) is 0 Å². The van der Waals surface area contributed by atoms with Crippen LogP contribution in [0.15, 0.2) is 0 Å². The first-order valence-corrected chi connectivity index (χ1v) is 6.05. The first-order chi connectivity index (χ1) is 6.58. The van der Waals surface area contributed by atoms with E-state index in [1.54, 1.807) is 0 Å². The molecule has 0 bridgehead atoms. The Bertz CT molecular complexity index is 149. The molecular formula is C9H19O4P. The summed E-state index contributed by atoms with van der Waals surface area (Å²) in [5, 5.41) is 0. The van der Waals surface area contributed by atoms with Crippen molar-refractivity contribution in [2.24, 2.45) is 0 Å². The normalized spacial score (nSPS) is 21.2. The maximum absolute atomic E-state index is 5.50. The van der Waals surface area contributed by atoms with Crippen LogP contribution >= 0.6 is 8.60 Å². The smallest absolute Gasteiger partial charge is 0.333 e. The van der Waals surface area contributed by atoms with E-state index >= 15 is 0 Å². The van der Waals surface area contributed by atoms with Crippen LogP contribution in [0.1, 0.15) is 27.7 Å². The van der Waals surface area contributed by atoms with Gasteiger partial charge in [0.1, 0.15) is 6.10 Å². The van der Waals surface area contributed by atoms with E-state index in [1.807, 2.05) is 27.7 Å². The highest BCUT2D eigenvalue weighted by atomic mass is 31.2. The summed E-state index contributed by atoms with van der Waals surface area (Å²) >= 11 is 0. The summed E-state index contributed by atoms with van der Waals surface area (Å²) in [5.74, 6) is 0. The van der Waals surface area contributed by atoms with Gasteiger partial charge in [-0.05, 0) is 27.7 Å². The largest absolute Gasteiger partial charge is 0.371 e. The number of rotatable bonds is 7. The Kier molecular flexibility index (Phi) is 5.28. The standard InChI is InChI=1S/C9H19O4P/c1-7(2)12-14(13-8(3)4)11-6-9-5-10-9/h7-9H,5-6H2,1-4H3. The van der Waals surface area contributed by atoms with Gasteiger partial charge in [0.05, 0.1) is 25.4 Å². The van der Waals surface area contributed by atoms with Crippen molar-refractivity contribution in [3.8, 4) is 0 Å². The van der Waals surface area contributed by atoms with E-state index in [2.05, 4.69) is 0 Å². The van der Waals surface area contributed by atoms with Crippen LogP contribution in [-0.4, -0.2) is 31.5 Å². The van der Waals surface area contributed by atoms with Crippen LogP contribution in [-0.2, 0) is 18.3 Å². The molecule has 0 N–H and O–H groups in total. The van der Waals surface area contributed by atoms with E-state index in [0.717, 1.165) is 6.61 Å². The third kappa shape index (κ3) is 5.89. The van der Waals surface area contributed by atoms with Gasteiger partial charge in [0.2, 0.25) is 0 Å². The van der Waals surface area contributed by atoms with Crippen LogP contribution in [0.5, 0.6) is 0 Å². The average Bonchev–Trinajstić information content (AvgIpc) is 2.80. The number of ether oxygens (including phenoxy) is 1. The van der Waals surface area contributed by atoms with E-state index in [4.69, 9.17) is 18.3 Å². The quantitative estimate of drug-likeness (QED) is 0.490. The lowest BCUT2D eigenvalue weighted by Gasteiger charge is -2.20. The Labute approximate surface area is 86.9 Å². The van der Waals surface area contributed by atoms with Crippen molar-refractivity contribution in [2.45, 2.75) is 46.0 Å². The second-order valence-corrected chi connectivity index (χ2v) is 4.91. The molecule has 1 aliphatic heterocycles. The van der Waals surface area contributed by atoms with Gasteiger partial charge in [-0.1, -0.05) is 0 Å². The van der Waals surface area contributed by atoms with Crippen molar-refractivity contribution in [1.29, 1.82) is 0 Å². The fourth-order valence-corrected chi connectivity index (χ4v) is 1.89. The van der Waals surface area contributed by atoms with Gasteiger partial charge in [0, 0.05) is 0 Å². The molecule has 0 amide bonds. The van der Waals surface area contributed by atoms with Gasteiger partial charge >= 0.3 is 8.60 Å². The molecule has 1 fully saturated rings. The Hall–Kier alpha value is 0.270. The molecule has 0 saturated carbocycles. The maximum Gasteiger partial charge on any atom is 0.333 e. The molecule has 14 heavy (non-hydrogen) atoms. The lowest BCUT2D eigenvalue weighted by atomic mass is 10.5. The molecule has 1 saturated heterocycles.